The molecule has 4 heteroatoms. The molecule has 2 N–H and O–H groups in total. The van der Waals surface area contributed by atoms with Crippen LogP contribution in [-0.2, 0) is 0 Å². The van der Waals surface area contributed by atoms with Crippen LogP contribution in [0.5, 0.6) is 0 Å². The lowest BCUT2D eigenvalue weighted by molar-refractivity contribution is 0.0561. The van der Waals surface area contributed by atoms with Crippen LogP contribution in [0.1, 0.15) is 23.2 Å². The number of hydrogen-bond donors (Lipinski definition) is 2. The lowest BCUT2D eigenvalue weighted by Crippen LogP contribution is -2.46. The van der Waals surface area contributed by atoms with Crippen LogP contribution in [0.3, 0.4) is 0 Å². The molecule has 0 unspecified atom stereocenters. The number of amides is 1. The lowest BCUT2D eigenvalue weighted by atomic mass is 9.89. The summed E-state index contributed by atoms with van der Waals surface area (Å²) in [5, 5.41) is 12.1. The van der Waals surface area contributed by atoms with Gasteiger partial charge in [0, 0.05) is 10.9 Å². The number of rotatable bonds is 3. The summed E-state index contributed by atoms with van der Waals surface area (Å²) >= 11 is 1.57. The highest BCUT2D eigenvalue weighted by atomic mass is 32.2. The molecular formula is C12H15NO2S. The van der Waals surface area contributed by atoms with Crippen molar-refractivity contribution in [2.75, 3.05) is 6.26 Å². The van der Waals surface area contributed by atoms with Gasteiger partial charge in [0.15, 0.2) is 0 Å². The van der Waals surface area contributed by atoms with Crippen LogP contribution in [-0.4, -0.2) is 29.4 Å². The standard InChI is InChI=1S/C12H15NO2S/c1-16-11-5-3-2-4-10(11)12(15)13-8-6-9(14)7-8/h2-5,8-9,14H,6-7H2,1H3,(H,13,15). The Morgan fingerprint density at radius 2 is 2.12 bits per heavy atom. The minimum atomic E-state index is -0.235. The molecule has 1 aliphatic carbocycles. The molecular weight excluding hydrogens is 222 g/mol. The van der Waals surface area contributed by atoms with E-state index in [2.05, 4.69) is 5.32 Å². The number of benzene rings is 1. The molecule has 0 heterocycles. The molecule has 1 fully saturated rings. The highest BCUT2D eigenvalue weighted by molar-refractivity contribution is 7.98. The van der Waals surface area contributed by atoms with Gasteiger partial charge < -0.3 is 10.4 Å². The number of aliphatic hydroxyl groups is 1. The monoisotopic (exact) mass is 237 g/mol. The van der Waals surface area contributed by atoms with Gasteiger partial charge in [-0.05, 0) is 31.2 Å². The maximum absolute atomic E-state index is 11.9. The Labute approximate surface area is 99.2 Å². The highest BCUT2D eigenvalue weighted by Crippen LogP contribution is 2.23. The Morgan fingerprint density at radius 1 is 1.44 bits per heavy atom. The topological polar surface area (TPSA) is 49.3 Å². The summed E-state index contributed by atoms with van der Waals surface area (Å²) in [7, 11) is 0. The van der Waals surface area contributed by atoms with E-state index in [-0.39, 0.29) is 18.1 Å². The van der Waals surface area contributed by atoms with Crippen LogP contribution in [0.4, 0.5) is 0 Å². The smallest absolute Gasteiger partial charge is 0.252 e. The zero-order chi connectivity index (χ0) is 11.5. The first-order chi connectivity index (χ1) is 7.70. The van der Waals surface area contributed by atoms with Crippen molar-refractivity contribution in [2.45, 2.75) is 29.9 Å². The van der Waals surface area contributed by atoms with Gasteiger partial charge in [-0.1, -0.05) is 12.1 Å². The van der Waals surface area contributed by atoms with E-state index < -0.39 is 0 Å². The molecule has 86 valence electrons. The largest absolute Gasteiger partial charge is 0.393 e. The Bertz CT molecular complexity index is 388. The highest BCUT2D eigenvalue weighted by Gasteiger charge is 2.28. The van der Waals surface area contributed by atoms with Gasteiger partial charge in [-0.15, -0.1) is 11.8 Å². The molecule has 0 aromatic heterocycles. The summed E-state index contributed by atoms with van der Waals surface area (Å²) < 4.78 is 0. The van der Waals surface area contributed by atoms with Gasteiger partial charge in [0.2, 0.25) is 0 Å². The predicted molar refractivity (Wildman–Crippen MR) is 64.7 cm³/mol. The van der Waals surface area contributed by atoms with E-state index in [0.717, 1.165) is 10.5 Å². The van der Waals surface area contributed by atoms with Gasteiger partial charge in [-0.2, -0.15) is 0 Å². The van der Waals surface area contributed by atoms with Crippen LogP contribution in [0.2, 0.25) is 0 Å². The van der Waals surface area contributed by atoms with Crippen LogP contribution in [0, 0.1) is 0 Å². The van der Waals surface area contributed by atoms with Crippen molar-refractivity contribution in [3.05, 3.63) is 29.8 Å². The molecule has 1 aliphatic rings. The summed E-state index contributed by atoms with van der Waals surface area (Å²) in [6.07, 6.45) is 3.07. The maximum atomic E-state index is 11.9. The molecule has 0 aliphatic heterocycles. The molecule has 2 rings (SSSR count). The van der Waals surface area contributed by atoms with Crippen molar-refractivity contribution in [2.24, 2.45) is 0 Å². The third-order valence-electron chi connectivity index (χ3n) is 2.80. The van der Waals surface area contributed by atoms with Crippen molar-refractivity contribution in [3.63, 3.8) is 0 Å². The number of carbonyl (C=O) groups excluding carboxylic acids is 1. The van der Waals surface area contributed by atoms with E-state index in [1.807, 2.05) is 30.5 Å². The van der Waals surface area contributed by atoms with E-state index >= 15 is 0 Å². The number of aliphatic hydroxyl groups excluding tert-OH is 1. The third-order valence-corrected chi connectivity index (χ3v) is 3.60. The molecule has 1 amide bonds. The van der Waals surface area contributed by atoms with Gasteiger partial charge in [0.1, 0.15) is 0 Å². The average molecular weight is 237 g/mol. The Kier molecular flexibility index (Phi) is 3.51. The van der Waals surface area contributed by atoms with E-state index in [4.69, 9.17) is 5.11 Å². The fourth-order valence-electron chi connectivity index (χ4n) is 1.80. The number of thioether (sulfide) groups is 1. The van der Waals surface area contributed by atoms with E-state index in [1.54, 1.807) is 11.8 Å². The maximum Gasteiger partial charge on any atom is 0.252 e. The molecule has 0 atom stereocenters. The quantitative estimate of drug-likeness (QED) is 0.786. The third kappa shape index (κ3) is 2.39. The minimum absolute atomic E-state index is 0.0400. The molecule has 0 bridgehead atoms. The van der Waals surface area contributed by atoms with Crippen molar-refractivity contribution < 1.29 is 9.90 Å². The first-order valence-electron chi connectivity index (χ1n) is 5.32. The molecule has 1 aromatic carbocycles. The lowest BCUT2D eigenvalue weighted by Gasteiger charge is -2.32. The van der Waals surface area contributed by atoms with E-state index in [9.17, 15) is 4.79 Å². The van der Waals surface area contributed by atoms with Crippen molar-refractivity contribution >= 4 is 17.7 Å². The fraction of sp³-hybridized carbons (Fsp3) is 0.417. The first kappa shape index (κ1) is 11.5. The normalized spacial score (nSPS) is 23.6. The summed E-state index contributed by atoms with van der Waals surface area (Å²) in [5.41, 5.74) is 0.719. The minimum Gasteiger partial charge on any atom is -0.393 e. The number of hydrogen-bond acceptors (Lipinski definition) is 3. The summed E-state index contributed by atoms with van der Waals surface area (Å²) in [4.78, 5) is 12.9. The molecule has 0 radical (unpaired) electrons. The SMILES string of the molecule is CSc1ccccc1C(=O)NC1CC(O)C1. The second kappa shape index (κ2) is 4.89. The fourth-order valence-corrected chi connectivity index (χ4v) is 2.40. The van der Waals surface area contributed by atoms with Gasteiger partial charge >= 0.3 is 0 Å². The van der Waals surface area contributed by atoms with Crippen LogP contribution in [0.25, 0.3) is 0 Å². The number of carbonyl (C=O) groups is 1. The zero-order valence-electron chi connectivity index (χ0n) is 9.14. The number of nitrogens with one attached hydrogen (secondary N) is 1. The Balaban J connectivity index is 2.03. The second-order valence-corrected chi connectivity index (χ2v) is 4.84. The van der Waals surface area contributed by atoms with Gasteiger partial charge in [-0.3, -0.25) is 4.79 Å². The van der Waals surface area contributed by atoms with Gasteiger partial charge in [0.05, 0.1) is 11.7 Å². The molecule has 1 saturated carbocycles. The van der Waals surface area contributed by atoms with Crippen LogP contribution in [0.15, 0.2) is 29.2 Å². The summed E-state index contributed by atoms with van der Waals surface area (Å²) in [6.45, 7) is 0. The second-order valence-electron chi connectivity index (χ2n) is 4.00. The zero-order valence-corrected chi connectivity index (χ0v) is 9.96. The summed E-state index contributed by atoms with van der Waals surface area (Å²) in [5.74, 6) is -0.0400. The first-order valence-corrected chi connectivity index (χ1v) is 6.55. The van der Waals surface area contributed by atoms with Crippen molar-refractivity contribution in [1.82, 2.24) is 5.32 Å². The Hall–Kier alpha value is -1.00. The predicted octanol–water partition coefficient (Wildman–Crippen LogP) is 1.66. The summed E-state index contributed by atoms with van der Waals surface area (Å²) in [6, 6.07) is 7.70. The Morgan fingerprint density at radius 3 is 2.75 bits per heavy atom. The van der Waals surface area contributed by atoms with Gasteiger partial charge in [0.25, 0.3) is 5.91 Å². The van der Waals surface area contributed by atoms with Crippen molar-refractivity contribution in [1.29, 1.82) is 0 Å². The van der Waals surface area contributed by atoms with Crippen LogP contribution < -0.4 is 5.32 Å². The van der Waals surface area contributed by atoms with Crippen LogP contribution >= 0.6 is 11.8 Å². The molecule has 0 spiro atoms. The van der Waals surface area contributed by atoms with Gasteiger partial charge in [-0.25, -0.2) is 0 Å². The molecule has 16 heavy (non-hydrogen) atoms. The average Bonchev–Trinajstić information content (AvgIpc) is 2.27. The van der Waals surface area contributed by atoms with E-state index in [0.29, 0.717) is 12.8 Å². The molecule has 3 nitrogen and oxygen atoms in total. The van der Waals surface area contributed by atoms with Crippen molar-refractivity contribution in [3.8, 4) is 0 Å². The molecule has 0 saturated heterocycles. The van der Waals surface area contributed by atoms with E-state index in [1.165, 1.54) is 0 Å². The molecule has 1 aromatic rings.